The highest BCUT2D eigenvalue weighted by Crippen LogP contribution is 2.25. The topological polar surface area (TPSA) is 88.2 Å². The zero-order valence-electron chi connectivity index (χ0n) is 15.9. The molecule has 4 rings (SSSR count). The number of hydrogen-bond acceptors (Lipinski definition) is 5. The monoisotopic (exact) mass is 453 g/mol. The number of nitrogens with one attached hydrogen (secondary N) is 2. The Morgan fingerprint density at radius 1 is 0.903 bits per heavy atom. The second-order valence-corrected chi connectivity index (χ2v) is 9.04. The average molecular weight is 454 g/mol. The van der Waals surface area contributed by atoms with Crippen molar-refractivity contribution < 1.29 is 17.6 Å². The summed E-state index contributed by atoms with van der Waals surface area (Å²) in [6, 6.07) is 20.0. The molecule has 0 aliphatic carbocycles. The molecule has 0 aliphatic rings. The minimum absolute atomic E-state index is 0.151. The second kappa shape index (κ2) is 8.66. The van der Waals surface area contributed by atoms with Gasteiger partial charge in [-0.25, -0.2) is 17.8 Å². The number of halogens is 1. The highest BCUT2D eigenvalue weighted by molar-refractivity contribution is 7.92. The van der Waals surface area contributed by atoms with Gasteiger partial charge in [0.1, 0.15) is 5.82 Å². The summed E-state index contributed by atoms with van der Waals surface area (Å²) in [5.41, 5.74) is 2.06. The van der Waals surface area contributed by atoms with E-state index in [1.807, 2.05) is 0 Å². The zero-order chi connectivity index (χ0) is 21.8. The lowest BCUT2D eigenvalue weighted by Gasteiger charge is -2.08. The molecule has 3 aromatic carbocycles. The van der Waals surface area contributed by atoms with E-state index < -0.39 is 10.0 Å². The molecular formula is C22H16FN3O3S2. The zero-order valence-corrected chi connectivity index (χ0v) is 17.6. The van der Waals surface area contributed by atoms with Crippen LogP contribution >= 0.6 is 11.3 Å². The maximum absolute atomic E-state index is 13.1. The fourth-order valence-corrected chi connectivity index (χ4v) is 4.55. The molecule has 156 valence electrons. The predicted molar refractivity (Wildman–Crippen MR) is 119 cm³/mol. The molecule has 0 fully saturated rings. The van der Waals surface area contributed by atoms with Crippen LogP contribution in [-0.2, 0) is 10.0 Å². The Labute approximate surface area is 182 Å². The van der Waals surface area contributed by atoms with Crippen molar-refractivity contribution in [3.05, 3.63) is 95.6 Å². The lowest BCUT2D eigenvalue weighted by atomic mass is 10.2. The van der Waals surface area contributed by atoms with Crippen LogP contribution in [0.1, 0.15) is 10.4 Å². The largest absolute Gasteiger partial charge is 0.298 e. The maximum atomic E-state index is 13.1. The quantitative estimate of drug-likeness (QED) is 0.430. The number of thiazole rings is 1. The molecule has 0 saturated heterocycles. The van der Waals surface area contributed by atoms with Gasteiger partial charge < -0.3 is 0 Å². The van der Waals surface area contributed by atoms with Gasteiger partial charge in [-0.1, -0.05) is 18.2 Å². The van der Waals surface area contributed by atoms with Crippen molar-refractivity contribution in [2.45, 2.75) is 4.90 Å². The van der Waals surface area contributed by atoms with Crippen molar-refractivity contribution >= 4 is 38.1 Å². The minimum atomic E-state index is -3.70. The molecule has 0 unspecified atom stereocenters. The van der Waals surface area contributed by atoms with Crippen molar-refractivity contribution in [2.75, 3.05) is 10.0 Å². The number of carbonyl (C=O) groups is 1. The standard InChI is InChI=1S/C22H16FN3O3S2/c23-17-10-6-15(7-11-17)20-14-30-22(24-20)25-21(27)16-8-12-18(13-9-16)26-31(28,29)19-4-2-1-3-5-19/h1-14,26H,(H,24,25,27). The van der Waals surface area contributed by atoms with Gasteiger partial charge >= 0.3 is 0 Å². The Kier molecular flexibility index (Phi) is 5.79. The number of sulfonamides is 1. The van der Waals surface area contributed by atoms with Gasteiger partial charge in [0.15, 0.2) is 5.13 Å². The van der Waals surface area contributed by atoms with Crippen LogP contribution in [0.2, 0.25) is 0 Å². The van der Waals surface area contributed by atoms with Crippen LogP contribution in [0.5, 0.6) is 0 Å². The molecule has 0 saturated carbocycles. The Bertz CT molecular complexity index is 1300. The lowest BCUT2D eigenvalue weighted by molar-refractivity contribution is 0.102. The number of benzene rings is 3. The van der Waals surface area contributed by atoms with Crippen LogP contribution in [0.4, 0.5) is 15.2 Å². The Balaban J connectivity index is 1.42. The molecule has 0 aliphatic heterocycles. The third-order valence-electron chi connectivity index (χ3n) is 4.32. The first-order valence-electron chi connectivity index (χ1n) is 9.11. The fourth-order valence-electron chi connectivity index (χ4n) is 2.76. The number of nitrogens with zero attached hydrogens (tertiary/aromatic N) is 1. The van der Waals surface area contributed by atoms with E-state index in [2.05, 4.69) is 15.0 Å². The molecule has 6 nitrogen and oxygen atoms in total. The van der Waals surface area contributed by atoms with Crippen LogP contribution in [0.25, 0.3) is 11.3 Å². The van der Waals surface area contributed by atoms with Crippen molar-refractivity contribution in [1.82, 2.24) is 4.98 Å². The normalized spacial score (nSPS) is 11.1. The smallest absolute Gasteiger partial charge is 0.261 e. The Morgan fingerprint density at radius 3 is 2.26 bits per heavy atom. The minimum Gasteiger partial charge on any atom is -0.298 e. The molecule has 0 spiro atoms. The van der Waals surface area contributed by atoms with E-state index >= 15 is 0 Å². The van der Waals surface area contributed by atoms with Crippen molar-refractivity contribution in [3.8, 4) is 11.3 Å². The van der Waals surface area contributed by atoms with Crippen molar-refractivity contribution in [1.29, 1.82) is 0 Å². The van der Waals surface area contributed by atoms with Gasteiger partial charge in [-0.3, -0.25) is 14.8 Å². The van der Waals surface area contributed by atoms with E-state index in [4.69, 9.17) is 0 Å². The number of carbonyl (C=O) groups excluding carboxylic acids is 1. The van der Waals surface area contributed by atoms with Crippen LogP contribution in [0.15, 0.2) is 89.1 Å². The van der Waals surface area contributed by atoms with Crippen molar-refractivity contribution in [3.63, 3.8) is 0 Å². The second-order valence-electron chi connectivity index (χ2n) is 6.49. The van der Waals surface area contributed by atoms with Crippen molar-refractivity contribution in [2.24, 2.45) is 0 Å². The summed E-state index contributed by atoms with van der Waals surface area (Å²) < 4.78 is 40.3. The molecule has 1 amide bonds. The van der Waals surface area contributed by atoms with E-state index in [0.29, 0.717) is 22.1 Å². The maximum Gasteiger partial charge on any atom is 0.261 e. The van der Waals surface area contributed by atoms with E-state index in [0.717, 1.165) is 5.56 Å². The summed E-state index contributed by atoms with van der Waals surface area (Å²) in [7, 11) is -3.70. The van der Waals surface area contributed by atoms with E-state index in [1.165, 1.54) is 59.9 Å². The third kappa shape index (κ3) is 4.96. The van der Waals surface area contributed by atoms with Crippen LogP contribution in [-0.4, -0.2) is 19.3 Å². The van der Waals surface area contributed by atoms with E-state index in [1.54, 1.807) is 35.7 Å². The van der Waals surface area contributed by atoms with E-state index in [-0.39, 0.29) is 16.6 Å². The molecule has 0 bridgehead atoms. The van der Waals surface area contributed by atoms with Gasteiger partial charge in [-0.2, -0.15) is 0 Å². The average Bonchev–Trinajstić information content (AvgIpc) is 3.23. The molecule has 1 aromatic heterocycles. The molecule has 31 heavy (non-hydrogen) atoms. The molecule has 9 heteroatoms. The SMILES string of the molecule is O=C(Nc1nc(-c2ccc(F)cc2)cs1)c1ccc(NS(=O)(=O)c2ccccc2)cc1. The van der Waals surface area contributed by atoms with Crippen LogP contribution < -0.4 is 10.0 Å². The summed E-state index contributed by atoms with van der Waals surface area (Å²) in [4.78, 5) is 17.0. The lowest BCUT2D eigenvalue weighted by Crippen LogP contribution is -2.14. The van der Waals surface area contributed by atoms with Gasteiger partial charge in [-0.15, -0.1) is 11.3 Å². The third-order valence-corrected chi connectivity index (χ3v) is 6.47. The summed E-state index contributed by atoms with van der Waals surface area (Å²) in [5.74, 6) is -0.709. The molecule has 4 aromatic rings. The molecule has 0 atom stereocenters. The number of aromatic nitrogens is 1. The van der Waals surface area contributed by atoms with Crippen LogP contribution in [0.3, 0.4) is 0 Å². The Morgan fingerprint density at radius 2 is 1.58 bits per heavy atom. The predicted octanol–water partition coefficient (Wildman–Crippen LogP) is 5.00. The van der Waals surface area contributed by atoms with Gasteiger partial charge in [0.25, 0.3) is 15.9 Å². The molecular weight excluding hydrogens is 437 g/mol. The first-order valence-corrected chi connectivity index (χ1v) is 11.5. The summed E-state index contributed by atoms with van der Waals surface area (Å²) in [6.07, 6.45) is 0. The van der Waals surface area contributed by atoms with Gasteiger partial charge in [0.05, 0.1) is 10.6 Å². The molecule has 2 N–H and O–H groups in total. The van der Waals surface area contributed by atoms with E-state index in [9.17, 15) is 17.6 Å². The first-order chi connectivity index (χ1) is 14.9. The van der Waals surface area contributed by atoms with Gasteiger partial charge in [0, 0.05) is 22.2 Å². The number of hydrogen-bond donors (Lipinski definition) is 2. The summed E-state index contributed by atoms with van der Waals surface area (Å²) in [5, 5.41) is 4.88. The molecule has 1 heterocycles. The van der Waals surface area contributed by atoms with Crippen LogP contribution in [0, 0.1) is 5.82 Å². The van der Waals surface area contributed by atoms with Gasteiger partial charge in [0.2, 0.25) is 0 Å². The highest BCUT2D eigenvalue weighted by Gasteiger charge is 2.14. The molecule has 0 radical (unpaired) electrons. The fraction of sp³-hybridized carbons (Fsp3) is 0. The van der Waals surface area contributed by atoms with Gasteiger partial charge in [-0.05, 0) is 60.7 Å². The Hall–Kier alpha value is -3.56. The first kappa shape index (κ1) is 20.7. The highest BCUT2D eigenvalue weighted by atomic mass is 32.2. The summed E-state index contributed by atoms with van der Waals surface area (Å²) >= 11 is 1.25. The number of amides is 1. The number of rotatable bonds is 6. The summed E-state index contributed by atoms with van der Waals surface area (Å²) in [6.45, 7) is 0. The number of anilines is 2.